The normalized spacial score (nSPS) is 21.4. The molecule has 1 saturated heterocycles. The molecule has 2 unspecified atom stereocenters. The number of likely N-dealkylation sites (tertiary alicyclic amines) is 1. The molecule has 0 aromatic heterocycles. The first-order valence-electron chi connectivity index (χ1n) is 6.18. The molecule has 2 amide bonds. The molecule has 5 nitrogen and oxygen atoms in total. The molecular weight excluding hydrogens is 220 g/mol. The van der Waals surface area contributed by atoms with Crippen LogP contribution in [0.25, 0.3) is 0 Å². The molecule has 1 heterocycles. The summed E-state index contributed by atoms with van der Waals surface area (Å²) < 4.78 is 0. The second-order valence-corrected chi connectivity index (χ2v) is 4.91. The van der Waals surface area contributed by atoms with E-state index in [1.54, 1.807) is 14.0 Å². The number of carbonyl (C=O) groups excluding carboxylic acids is 1. The van der Waals surface area contributed by atoms with Gasteiger partial charge in [-0.2, -0.15) is 0 Å². The molecule has 1 aliphatic rings. The number of hydrogen-bond acceptors (Lipinski definition) is 2. The van der Waals surface area contributed by atoms with Crippen molar-refractivity contribution in [3.05, 3.63) is 0 Å². The second-order valence-electron chi connectivity index (χ2n) is 4.91. The Bertz CT molecular complexity index is 293. The lowest BCUT2D eigenvalue weighted by Gasteiger charge is -2.25. The number of urea groups is 1. The monoisotopic (exact) mass is 242 g/mol. The molecule has 1 rings (SSSR count). The highest BCUT2D eigenvalue weighted by molar-refractivity contribution is 5.76. The summed E-state index contributed by atoms with van der Waals surface area (Å²) in [6.45, 7) is 5.62. The van der Waals surface area contributed by atoms with E-state index < -0.39 is 11.9 Å². The molecule has 0 spiro atoms. The maximum absolute atomic E-state index is 12.0. The van der Waals surface area contributed by atoms with E-state index in [2.05, 4.69) is 6.92 Å². The average molecular weight is 242 g/mol. The van der Waals surface area contributed by atoms with Gasteiger partial charge in [-0.1, -0.05) is 20.3 Å². The Labute approximate surface area is 102 Å². The molecule has 1 N–H and O–H groups in total. The maximum atomic E-state index is 12.0. The number of amides is 2. The summed E-state index contributed by atoms with van der Waals surface area (Å²) in [5, 5.41) is 8.81. The fourth-order valence-corrected chi connectivity index (χ4v) is 2.15. The van der Waals surface area contributed by atoms with E-state index in [0.29, 0.717) is 5.92 Å². The summed E-state index contributed by atoms with van der Waals surface area (Å²) in [5.74, 6) is -0.782. The second kappa shape index (κ2) is 5.89. The topological polar surface area (TPSA) is 60.9 Å². The number of carboxylic acids is 1. The molecule has 0 aromatic rings. The summed E-state index contributed by atoms with van der Waals surface area (Å²) in [6.07, 6.45) is 2.16. The Balaban J connectivity index is 2.44. The van der Waals surface area contributed by atoms with Gasteiger partial charge in [0.05, 0.1) is 5.92 Å². The van der Waals surface area contributed by atoms with Gasteiger partial charge in [-0.3, -0.25) is 4.79 Å². The molecule has 5 heteroatoms. The van der Waals surface area contributed by atoms with Crippen LogP contribution in [0, 0.1) is 11.8 Å². The summed E-state index contributed by atoms with van der Waals surface area (Å²) in [4.78, 5) is 26.1. The van der Waals surface area contributed by atoms with Crippen LogP contribution in [0.4, 0.5) is 4.79 Å². The minimum absolute atomic E-state index is 0.0472. The van der Waals surface area contributed by atoms with Gasteiger partial charge in [0.2, 0.25) is 0 Å². The molecule has 17 heavy (non-hydrogen) atoms. The third-order valence-corrected chi connectivity index (χ3v) is 3.43. The molecule has 0 aliphatic carbocycles. The molecule has 2 atom stereocenters. The van der Waals surface area contributed by atoms with Gasteiger partial charge in [0.1, 0.15) is 0 Å². The molecule has 0 bridgehead atoms. The van der Waals surface area contributed by atoms with Gasteiger partial charge < -0.3 is 14.9 Å². The zero-order chi connectivity index (χ0) is 13.0. The molecule has 1 fully saturated rings. The summed E-state index contributed by atoms with van der Waals surface area (Å²) in [5.41, 5.74) is 0. The van der Waals surface area contributed by atoms with E-state index in [0.717, 1.165) is 25.9 Å². The molecular formula is C12H22N2O3. The number of carbonyl (C=O) groups is 2. The van der Waals surface area contributed by atoms with Gasteiger partial charge >= 0.3 is 12.0 Å². The molecule has 0 saturated carbocycles. The van der Waals surface area contributed by atoms with Crippen molar-refractivity contribution in [3.8, 4) is 0 Å². The minimum atomic E-state index is -0.863. The van der Waals surface area contributed by atoms with E-state index in [1.807, 2.05) is 4.90 Å². The lowest BCUT2D eigenvalue weighted by atomic mass is 10.1. The minimum Gasteiger partial charge on any atom is -0.481 e. The van der Waals surface area contributed by atoms with Crippen LogP contribution in [0.3, 0.4) is 0 Å². The van der Waals surface area contributed by atoms with Gasteiger partial charge in [0, 0.05) is 26.7 Å². The number of aliphatic carboxylic acids is 1. The lowest BCUT2D eigenvalue weighted by molar-refractivity contribution is -0.141. The van der Waals surface area contributed by atoms with Crippen LogP contribution in [0.1, 0.15) is 26.7 Å². The van der Waals surface area contributed by atoms with E-state index >= 15 is 0 Å². The Hall–Kier alpha value is -1.26. The zero-order valence-electron chi connectivity index (χ0n) is 10.8. The van der Waals surface area contributed by atoms with E-state index in [4.69, 9.17) is 5.11 Å². The fourth-order valence-electron chi connectivity index (χ4n) is 2.15. The summed E-state index contributed by atoms with van der Waals surface area (Å²) in [6, 6.07) is -0.0472. The van der Waals surface area contributed by atoms with Crippen molar-refractivity contribution in [2.24, 2.45) is 11.8 Å². The van der Waals surface area contributed by atoms with E-state index in [9.17, 15) is 9.59 Å². The predicted octanol–water partition coefficient (Wildman–Crippen LogP) is 1.49. The van der Waals surface area contributed by atoms with Crippen molar-refractivity contribution in [3.63, 3.8) is 0 Å². The molecule has 0 aromatic carbocycles. The van der Waals surface area contributed by atoms with Crippen LogP contribution >= 0.6 is 0 Å². The van der Waals surface area contributed by atoms with Crippen molar-refractivity contribution < 1.29 is 14.7 Å². The van der Waals surface area contributed by atoms with Crippen LogP contribution in [0.15, 0.2) is 0 Å². The number of hydrogen-bond donors (Lipinski definition) is 1. The molecule has 1 aliphatic heterocycles. The summed E-state index contributed by atoms with van der Waals surface area (Å²) in [7, 11) is 1.67. The third kappa shape index (κ3) is 3.61. The highest BCUT2D eigenvalue weighted by Gasteiger charge is 2.28. The lowest BCUT2D eigenvalue weighted by Crippen LogP contribution is -2.42. The number of rotatable bonds is 4. The van der Waals surface area contributed by atoms with Crippen molar-refractivity contribution in [2.75, 3.05) is 26.7 Å². The number of nitrogens with zero attached hydrogens (tertiary/aromatic N) is 2. The van der Waals surface area contributed by atoms with Crippen molar-refractivity contribution in [2.45, 2.75) is 26.7 Å². The maximum Gasteiger partial charge on any atom is 0.319 e. The van der Waals surface area contributed by atoms with E-state index in [1.165, 1.54) is 4.90 Å². The first-order chi connectivity index (χ1) is 7.95. The van der Waals surface area contributed by atoms with Gasteiger partial charge in [-0.15, -0.1) is 0 Å². The van der Waals surface area contributed by atoms with Crippen molar-refractivity contribution >= 4 is 12.0 Å². The van der Waals surface area contributed by atoms with E-state index in [-0.39, 0.29) is 12.6 Å². The zero-order valence-corrected chi connectivity index (χ0v) is 10.8. The molecule has 0 radical (unpaired) electrons. The predicted molar refractivity (Wildman–Crippen MR) is 64.8 cm³/mol. The largest absolute Gasteiger partial charge is 0.481 e. The van der Waals surface area contributed by atoms with Gasteiger partial charge in [0.15, 0.2) is 0 Å². The first-order valence-corrected chi connectivity index (χ1v) is 6.18. The average Bonchev–Trinajstić information content (AvgIpc) is 2.76. The van der Waals surface area contributed by atoms with Crippen LogP contribution in [0.5, 0.6) is 0 Å². The standard InChI is InChI=1S/C12H22N2O3/c1-4-10-5-6-14(8-10)12(17)13(3)7-9(2)11(15)16/h9-10H,4-8H2,1-3H3,(H,15,16). The van der Waals surface area contributed by atoms with Crippen LogP contribution in [-0.4, -0.2) is 53.6 Å². The van der Waals surface area contributed by atoms with Gasteiger partial charge in [-0.25, -0.2) is 4.79 Å². The van der Waals surface area contributed by atoms with Crippen LogP contribution in [0.2, 0.25) is 0 Å². The SMILES string of the molecule is CCC1CCN(C(=O)N(C)CC(C)C(=O)O)C1. The van der Waals surface area contributed by atoms with Crippen LogP contribution in [-0.2, 0) is 4.79 Å². The first kappa shape index (κ1) is 13.8. The Morgan fingerprint density at radius 2 is 2.18 bits per heavy atom. The number of carboxylic acid groups (broad SMARTS) is 1. The highest BCUT2D eigenvalue weighted by atomic mass is 16.4. The molecule has 98 valence electrons. The highest BCUT2D eigenvalue weighted by Crippen LogP contribution is 2.20. The Kier molecular flexibility index (Phi) is 4.78. The van der Waals surface area contributed by atoms with Gasteiger partial charge in [0.25, 0.3) is 0 Å². The van der Waals surface area contributed by atoms with Crippen molar-refractivity contribution in [1.82, 2.24) is 9.80 Å². The Morgan fingerprint density at radius 1 is 1.53 bits per heavy atom. The van der Waals surface area contributed by atoms with Gasteiger partial charge in [-0.05, 0) is 12.3 Å². The quantitative estimate of drug-likeness (QED) is 0.812. The van der Waals surface area contributed by atoms with Crippen molar-refractivity contribution in [1.29, 1.82) is 0 Å². The fraction of sp³-hybridized carbons (Fsp3) is 0.833. The van der Waals surface area contributed by atoms with Crippen LogP contribution < -0.4 is 0 Å². The Morgan fingerprint density at radius 3 is 2.65 bits per heavy atom. The summed E-state index contributed by atoms with van der Waals surface area (Å²) >= 11 is 0. The smallest absolute Gasteiger partial charge is 0.319 e. The third-order valence-electron chi connectivity index (χ3n) is 3.43.